The number of allylic oxidation sites excluding steroid dienone is 1. The van der Waals surface area contributed by atoms with Crippen LogP contribution in [0.2, 0.25) is 0 Å². The molecule has 74 valence electrons. The van der Waals surface area contributed by atoms with E-state index in [4.69, 9.17) is 5.11 Å². The number of unbranched alkanes of at least 4 members (excludes halogenated alkanes) is 1. The maximum absolute atomic E-state index is 10.6. The van der Waals surface area contributed by atoms with Gasteiger partial charge in [-0.1, -0.05) is 32.3 Å². The maximum atomic E-state index is 10.6. The van der Waals surface area contributed by atoms with Gasteiger partial charge in [0, 0.05) is 5.57 Å². The molecule has 0 radical (unpaired) electrons. The van der Waals surface area contributed by atoms with Crippen molar-refractivity contribution in [2.75, 3.05) is 0 Å². The Labute approximate surface area is 79.6 Å². The normalized spacial score (nSPS) is 22.5. The molecule has 0 aromatic rings. The Balaban J connectivity index is 2.33. The van der Waals surface area contributed by atoms with Gasteiger partial charge in [-0.25, -0.2) is 4.79 Å². The lowest BCUT2D eigenvalue weighted by molar-refractivity contribution is -0.132. The molecule has 0 saturated heterocycles. The van der Waals surface area contributed by atoms with Crippen molar-refractivity contribution in [3.63, 3.8) is 0 Å². The minimum atomic E-state index is -0.728. The zero-order chi connectivity index (χ0) is 9.68. The van der Waals surface area contributed by atoms with Gasteiger partial charge in [0.15, 0.2) is 0 Å². The molecule has 1 unspecified atom stereocenters. The average molecular weight is 182 g/mol. The average Bonchev–Trinajstić information content (AvgIpc) is 2.15. The largest absolute Gasteiger partial charge is 0.478 e. The summed E-state index contributed by atoms with van der Waals surface area (Å²) < 4.78 is 0. The molecule has 1 rings (SSSR count). The molecule has 0 fully saturated rings. The highest BCUT2D eigenvalue weighted by molar-refractivity contribution is 5.86. The Morgan fingerprint density at radius 1 is 1.69 bits per heavy atom. The summed E-state index contributed by atoms with van der Waals surface area (Å²) in [7, 11) is 0. The van der Waals surface area contributed by atoms with E-state index in [-0.39, 0.29) is 0 Å². The van der Waals surface area contributed by atoms with Crippen molar-refractivity contribution in [2.45, 2.75) is 45.4 Å². The minimum absolute atomic E-state index is 0.618. The van der Waals surface area contributed by atoms with Gasteiger partial charge in [0.25, 0.3) is 0 Å². The fraction of sp³-hybridized carbons (Fsp3) is 0.727. The summed E-state index contributed by atoms with van der Waals surface area (Å²) in [4.78, 5) is 10.6. The van der Waals surface area contributed by atoms with Crippen molar-refractivity contribution < 1.29 is 9.90 Å². The van der Waals surface area contributed by atoms with E-state index in [1.54, 1.807) is 0 Å². The molecule has 13 heavy (non-hydrogen) atoms. The van der Waals surface area contributed by atoms with Crippen LogP contribution in [0.15, 0.2) is 11.6 Å². The summed E-state index contributed by atoms with van der Waals surface area (Å²) in [6.07, 6.45) is 8.50. The quantitative estimate of drug-likeness (QED) is 0.725. The molecule has 1 N–H and O–H groups in total. The van der Waals surface area contributed by atoms with Gasteiger partial charge in [-0.3, -0.25) is 0 Å². The van der Waals surface area contributed by atoms with Gasteiger partial charge in [-0.05, 0) is 25.2 Å². The second kappa shape index (κ2) is 5.05. The fourth-order valence-electron chi connectivity index (χ4n) is 1.84. The van der Waals surface area contributed by atoms with Crippen LogP contribution in [0.5, 0.6) is 0 Å². The number of rotatable bonds is 4. The number of carboxylic acid groups (broad SMARTS) is 1. The summed E-state index contributed by atoms with van der Waals surface area (Å²) >= 11 is 0. The van der Waals surface area contributed by atoms with Crippen molar-refractivity contribution in [1.29, 1.82) is 0 Å². The van der Waals surface area contributed by atoms with E-state index in [1.165, 1.54) is 19.3 Å². The van der Waals surface area contributed by atoms with Gasteiger partial charge >= 0.3 is 5.97 Å². The maximum Gasteiger partial charge on any atom is 0.331 e. The van der Waals surface area contributed by atoms with E-state index in [9.17, 15) is 4.79 Å². The van der Waals surface area contributed by atoms with Gasteiger partial charge in [-0.15, -0.1) is 0 Å². The first-order chi connectivity index (χ1) is 6.24. The molecule has 2 heteroatoms. The molecule has 1 aliphatic rings. The number of carbonyl (C=O) groups is 1. The molecular formula is C11H18O2. The standard InChI is InChI=1S/C11H18O2/c1-2-3-4-9-5-7-10(8-6-9)11(12)13/h7,9H,2-6,8H2,1H3,(H,12,13). The predicted octanol–water partition coefficient (Wildman–Crippen LogP) is 2.99. The van der Waals surface area contributed by atoms with Crippen LogP contribution in [0.4, 0.5) is 0 Å². The summed E-state index contributed by atoms with van der Waals surface area (Å²) in [5.74, 6) is 0.0111. The lowest BCUT2D eigenvalue weighted by Crippen LogP contribution is -2.10. The molecule has 0 aromatic carbocycles. The van der Waals surface area contributed by atoms with E-state index < -0.39 is 5.97 Å². The Morgan fingerprint density at radius 2 is 2.46 bits per heavy atom. The summed E-state index contributed by atoms with van der Waals surface area (Å²) in [5, 5.41) is 8.73. The van der Waals surface area contributed by atoms with Gasteiger partial charge in [0.2, 0.25) is 0 Å². The Kier molecular flexibility index (Phi) is 4.00. The predicted molar refractivity (Wildman–Crippen MR) is 52.6 cm³/mol. The highest BCUT2D eigenvalue weighted by Crippen LogP contribution is 2.27. The molecule has 1 atom stereocenters. The van der Waals surface area contributed by atoms with E-state index in [0.717, 1.165) is 25.2 Å². The van der Waals surface area contributed by atoms with Crippen molar-refractivity contribution in [3.05, 3.63) is 11.6 Å². The Hall–Kier alpha value is -0.790. The van der Waals surface area contributed by atoms with Crippen molar-refractivity contribution >= 4 is 5.97 Å². The molecule has 0 saturated carbocycles. The lowest BCUT2D eigenvalue weighted by Gasteiger charge is -2.19. The molecule has 2 nitrogen and oxygen atoms in total. The lowest BCUT2D eigenvalue weighted by atomic mass is 9.86. The van der Waals surface area contributed by atoms with Gasteiger partial charge in [-0.2, -0.15) is 0 Å². The topological polar surface area (TPSA) is 37.3 Å². The van der Waals surface area contributed by atoms with Crippen molar-refractivity contribution in [1.82, 2.24) is 0 Å². The van der Waals surface area contributed by atoms with Gasteiger partial charge in [0.1, 0.15) is 0 Å². The molecule has 0 heterocycles. The third-order valence-electron chi connectivity index (χ3n) is 2.76. The van der Waals surface area contributed by atoms with E-state index in [1.807, 2.05) is 6.08 Å². The first-order valence-corrected chi connectivity index (χ1v) is 5.16. The second-order valence-electron chi connectivity index (χ2n) is 3.82. The number of aliphatic carboxylic acids is 1. The smallest absolute Gasteiger partial charge is 0.331 e. The highest BCUT2D eigenvalue weighted by atomic mass is 16.4. The molecule has 0 spiro atoms. The first kappa shape index (κ1) is 10.3. The monoisotopic (exact) mass is 182 g/mol. The second-order valence-corrected chi connectivity index (χ2v) is 3.82. The molecule has 0 bridgehead atoms. The highest BCUT2D eigenvalue weighted by Gasteiger charge is 2.17. The number of hydrogen-bond acceptors (Lipinski definition) is 1. The fourth-order valence-corrected chi connectivity index (χ4v) is 1.84. The SMILES string of the molecule is CCCCC1CC=C(C(=O)O)CC1. The first-order valence-electron chi connectivity index (χ1n) is 5.16. The molecule has 0 amide bonds. The zero-order valence-corrected chi connectivity index (χ0v) is 8.25. The van der Waals surface area contributed by atoms with Crippen LogP contribution in [0.1, 0.15) is 45.4 Å². The molecule has 0 aliphatic heterocycles. The van der Waals surface area contributed by atoms with E-state index in [2.05, 4.69) is 6.92 Å². The van der Waals surface area contributed by atoms with Gasteiger partial charge < -0.3 is 5.11 Å². The van der Waals surface area contributed by atoms with Crippen LogP contribution >= 0.6 is 0 Å². The van der Waals surface area contributed by atoms with E-state index >= 15 is 0 Å². The van der Waals surface area contributed by atoms with Crippen LogP contribution in [-0.2, 0) is 4.79 Å². The third kappa shape index (κ3) is 3.21. The Morgan fingerprint density at radius 3 is 2.92 bits per heavy atom. The van der Waals surface area contributed by atoms with Crippen LogP contribution in [0, 0.1) is 5.92 Å². The Bertz CT molecular complexity index is 206. The summed E-state index contributed by atoms with van der Waals surface area (Å²) in [5.41, 5.74) is 0.618. The third-order valence-corrected chi connectivity index (χ3v) is 2.76. The summed E-state index contributed by atoms with van der Waals surface area (Å²) in [6, 6.07) is 0. The number of carboxylic acids is 1. The van der Waals surface area contributed by atoms with Crippen LogP contribution in [0.3, 0.4) is 0 Å². The molecule has 0 aromatic heterocycles. The van der Waals surface area contributed by atoms with Crippen LogP contribution < -0.4 is 0 Å². The van der Waals surface area contributed by atoms with Crippen molar-refractivity contribution in [3.8, 4) is 0 Å². The minimum Gasteiger partial charge on any atom is -0.478 e. The van der Waals surface area contributed by atoms with Crippen molar-refractivity contribution in [2.24, 2.45) is 5.92 Å². The van der Waals surface area contributed by atoms with E-state index in [0.29, 0.717) is 5.57 Å². The molecule has 1 aliphatic carbocycles. The van der Waals surface area contributed by atoms with Crippen LogP contribution in [-0.4, -0.2) is 11.1 Å². The zero-order valence-electron chi connectivity index (χ0n) is 8.25. The summed E-state index contributed by atoms with van der Waals surface area (Å²) in [6.45, 7) is 2.20. The van der Waals surface area contributed by atoms with Crippen LogP contribution in [0.25, 0.3) is 0 Å². The van der Waals surface area contributed by atoms with Gasteiger partial charge in [0.05, 0.1) is 0 Å². The number of hydrogen-bond donors (Lipinski definition) is 1. The molecular weight excluding hydrogens is 164 g/mol.